The second-order valence-electron chi connectivity index (χ2n) is 5.19. The molecule has 0 radical (unpaired) electrons. The van der Waals surface area contributed by atoms with Gasteiger partial charge in [0.15, 0.2) is 0 Å². The summed E-state index contributed by atoms with van der Waals surface area (Å²) < 4.78 is 0. The van der Waals surface area contributed by atoms with Crippen molar-refractivity contribution in [3.8, 4) is 0 Å². The minimum Gasteiger partial charge on any atom is -0.307 e. The molecule has 1 saturated heterocycles. The van der Waals surface area contributed by atoms with E-state index in [1.165, 1.54) is 24.8 Å². The molecule has 1 N–H and O–H groups in total. The van der Waals surface area contributed by atoms with Gasteiger partial charge >= 0.3 is 0 Å². The van der Waals surface area contributed by atoms with E-state index in [1.807, 2.05) is 18.2 Å². The van der Waals surface area contributed by atoms with E-state index in [4.69, 9.17) is 23.2 Å². The zero-order chi connectivity index (χ0) is 13.0. The van der Waals surface area contributed by atoms with E-state index in [9.17, 15) is 0 Å². The van der Waals surface area contributed by atoms with Crippen LogP contribution in [0.5, 0.6) is 0 Å². The van der Waals surface area contributed by atoms with Crippen molar-refractivity contribution in [2.45, 2.75) is 51.0 Å². The number of hydrogen-bond acceptors (Lipinski definition) is 1. The van der Waals surface area contributed by atoms with Crippen molar-refractivity contribution < 1.29 is 0 Å². The number of halogens is 2. The normalized spacial score (nSPS) is 24.8. The highest BCUT2D eigenvalue weighted by Gasteiger charge is 2.33. The molecule has 1 nitrogen and oxygen atoms in total. The molecule has 0 amide bonds. The highest BCUT2D eigenvalue weighted by atomic mass is 35.5. The van der Waals surface area contributed by atoms with Crippen molar-refractivity contribution >= 4 is 23.2 Å². The lowest BCUT2D eigenvalue weighted by Gasteiger charge is -2.35. The molecule has 1 aromatic carbocycles. The quantitative estimate of drug-likeness (QED) is 0.810. The third kappa shape index (κ3) is 3.01. The second-order valence-corrected chi connectivity index (χ2v) is 6.04. The van der Waals surface area contributed by atoms with Gasteiger partial charge in [-0.05, 0) is 49.6 Å². The topological polar surface area (TPSA) is 12.0 Å². The van der Waals surface area contributed by atoms with Crippen LogP contribution < -0.4 is 5.32 Å². The zero-order valence-corrected chi connectivity index (χ0v) is 12.4. The van der Waals surface area contributed by atoms with Crippen molar-refractivity contribution in [2.75, 3.05) is 6.54 Å². The van der Waals surface area contributed by atoms with E-state index >= 15 is 0 Å². The number of benzene rings is 1. The number of hydrogen-bond donors (Lipinski definition) is 1. The molecule has 2 rings (SSSR count). The minimum absolute atomic E-state index is 0.0211. The first kappa shape index (κ1) is 14.2. The van der Waals surface area contributed by atoms with Crippen LogP contribution in [0.2, 0.25) is 10.0 Å². The van der Waals surface area contributed by atoms with Gasteiger partial charge in [0.05, 0.1) is 0 Å². The molecule has 1 aliphatic heterocycles. The SMILES string of the molecule is CCCC1(c2cc(Cl)ccc2Cl)CCCCCN1. The summed E-state index contributed by atoms with van der Waals surface area (Å²) in [6.07, 6.45) is 7.24. The van der Waals surface area contributed by atoms with Crippen LogP contribution in [0.4, 0.5) is 0 Å². The van der Waals surface area contributed by atoms with Crippen molar-refractivity contribution in [1.82, 2.24) is 5.32 Å². The fourth-order valence-corrected chi connectivity index (χ4v) is 3.48. The monoisotopic (exact) mass is 285 g/mol. The Labute approximate surface area is 120 Å². The Morgan fingerprint density at radius 2 is 2.06 bits per heavy atom. The summed E-state index contributed by atoms with van der Waals surface area (Å²) in [4.78, 5) is 0. The van der Waals surface area contributed by atoms with Crippen molar-refractivity contribution in [2.24, 2.45) is 0 Å². The standard InChI is InChI=1S/C15H21Cl2N/c1-2-8-15(9-4-3-5-10-18-15)13-11-12(16)6-7-14(13)17/h6-7,11,18H,2-5,8-10H2,1H3. The molecular weight excluding hydrogens is 265 g/mol. The van der Waals surface area contributed by atoms with Crippen LogP contribution in [0.15, 0.2) is 18.2 Å². The van der Waals surface area contributed by atoms with Crippen molar-refractivity contribution in [1.29, 1.82) is 0 Å². The first-order valence-electron chi connectivity index (χ1n) is 6.88. The van der Waals surface area contributed by atoms with Gasteiger partial charge in [-0.3, -0.25) is 0 Å². The average molecular weight is 286 g/mol. The lowest BCUT2D eigenvalue weighted by Crippen LogP contribution is -2.42. The van der Waals surface area contributed by atoms with E-state index < -0.39 is 0 Å². The van der Waals surface area contributed by atoms with Gasteiger partial charge in [-0.1, -0.05) is 49.4 Å². The van der Waals surface area contributed by atoms with Gasteiger partial charge in [0.2, 0.25) is 0 Å². The van der Waals surface area contributed by atoms with Crippen LogP contribution in [0, 0.1) is 0 Å². The molecule has 1 fully saturated rings. The smallest absolute Gasteiger partial charge is 0.0457 e. The summed E-state index contributed by atoms with van der Waals surface area (Å²) in [5.41, 5.74) is 1.20. The molecular formula is C15H21Cl2N. The zero-order valence-electron chi connectivity index (χ0n) is 10.9. The second kappa shape index (κ2) is 6.27. The first-order valence-corrected chi connectivity index (χ1v) is 7.64. The number of nitrogens with one attached hydrogen (secondary N) is 1. The molecule has 1 aromatic rings. The number of rotatable bonds is 3. The highest BCUT2D eigenvalue weighted by Crippen LogP contribution is 2.39. The van der Waals surface area contributed by atoms with Gasteiger partial charge < -0.3 is 5.32 Å². The maximum Gasteiger partial charge on any atom is 0.0457 e. The van der Waals surface area contributed by atoms with Gasteiger partial charge in [0.1, 0.15) is 0 Å². The predicted octanol–water partition coefficient (Wildman–Crippen LogP) is 5.15. The Morgan fingerprint density at radius 1 is 1.22 bits per heavy atom. The van der Waals surface area contributed by atoms with Crippen LogP contribution in [0.1, 0.15) is 51.0 Å². The summed E-state index contributed by atoms with van der Waals surface area (Å²) in [6.45, 7) is 3.30. The van der Waals surface area contributed by atoms with Gasteiger partial charge in [0, 0.05) is 15.6 Å². The molecule has 100 valence electrons. The molecule has 0 saturated carbocycles. The summed E-state index contributed by atoms with van der Waals surface area (Å²) in [7, 11) is 0. The molecule has 3 heteroatoms. The van der Waals surface area contributed by atoms with Crippen LogP contribution in [0.25, 0.3) is 0 Å². The molecule has 18 heavy (non-hydrogen) atoms. The van der Waals surface area contributed by atoms with E-state index in [0.29, 0.717) is 0 Å². The van der Waals surface area contributed by atoms with Crippen molar-refractivity contribution in [3.63, 3.8) is 0 Å². The Balaban J connectivity index is 2.41. The molecule has 1 atom stereocenters. The third-order valence-electron chi connectivity index (χ3n) is 3.86. The highest BCUT2D eigenvalue weighted by molar-refractivity contribution is 6.33. The maximum absolute atomic E-state index is 6.41. The predicted molar refractivity (Wildman–Crippen MR) is 79.5 cm³/mol. The van der Waals surface area contributed by atoms with E-state index in [0.717, 1.165) is 35.9 Å². The Kier molecular flexibility index (Phi) is 4.94. The molecule has 1 heterocycles. The molecule has 0 aliphatic carbocycles. The van der Waals surface area contributed by atoms with Gasteiger partial charge in [0.25, 0.3) is 0 Å². The van der Waals surface area contributed by atoms with E-state index in [-0.39, 0.29) is 5.54 Å². The fraction of sp³-hybridized carbons (Fsp3) is 0.600. The average Bonchev–Trinajstić information content (AvgIpc) is 2.59. The van der Waals surface area contributed by atoms with Crippen LogP contribution in [-0.2, 0) is 5.54 Å². The van der Waals surface area contributed by atoms with E-state index in [1.54, 1.807) is 0 Å². The molecule has 1 unspecified atom stereocenters. The summed E-state index contributed by atoms with van der Waals surface area (Å²) in [5, 5.41) is 5.35. The lowest BCUT2D eigenvalue weighted by molar-refractivity contribution is 0.297. The van der Waals surface area contributed by atoms with Gasteiger partial charge in [-0.15, -0.1) is 0 Å². The fourth-order valence-electron chi connectivity index (χ4n) is 3.01. The Bertz CT molecular complexity index is 395. The molecule has 0 aromatic heterocycles. The van der Waals surface area contributed by atoms with Crippen molar-refractivity contribution in [3.05, 3.63) is 33.8 Å². The minimum atomic E-state index is 0.0211. The molecule has 0 bridgehead atoms. The lowest BCUT2D eigenvalue weighted by atomic mass is 9.82. The summed E-state index contributed by atoms with van der Waals surface area (Å²) in [6, 6.07) is 5.82. The van der Waals surface area contributed by atoms with Crippen LogP contribution in [-0.4, -0.2) is 6.54 Å². The summed E-state index contributed by atoms with van der Waals surface area (Å²) in [5.74, 6) is 0. The largest absolute Gasteiger partial charge is 0.307 e. The molecule has 1 aliphatic rings. The summed E-state index contributed by atoms with van der Waals surface area (Å²) >= 11 is 12.6. The van der Waals surface area contributed by atoms with Crippen LogP contribution >= 0.6 is 23.2 Å². The Morgan fingerprint density at radius 3 is 2.83 bits per heavy atom. The van der Waals surface area contributed by atoms with E-state index in [2.05, 4.69) is 12.2 Å². The molecule has 0 spiro atoms. The van der Waals surface area contributed by atoms with Gasteiger partial charge in [-0.25, -0.2) is 0 Å². The maximum atomic E-state index is 6.41. The van der Waals surface area contributed by atoms with Gasteiger partial charge in [-0.2, -0.15) is 0 Å². The Hall–Kier alpha value is -0.240. The first-order chi connectivity index (χ1) is 8.68. The third-order valence-corrected chi connectivity index (χ3v) is 4.43. The van der Waals surface area contributed by atoms with Crippen LogP contribution in [0.3, 0.4) is 0 Å².